The van der Waals surface area contributed by atoms with Crippen molar-refractivity contribution in [2.75, 3.05) is 32.8 Å². The number of anilines is 2. The summed E-state index contributed by atoms with van der Waals surface area (Å²) >= 11 is 0. The Morgan fingerprint density at radius 1 is 1.00 bits per heavy atom. The molecule has 2 heterocycles. The van der Waals surface area contributed by atoms with Crippen molar-refractivity contribution in [2.45, 2.75) is 6.10 Å². The summed E-state index contributed by atoms with van der Waals surface area (Å²) in [6.45, 7) is 1.16. The number of fused-ring (bicyclic) bond motifs is 1. The van der Waals surface area contributed by atoms with Gasteiger partial charge in [-0.1, -0.05) is 12.1 Å². The molecule has 1 aliphatic rings. The normalized spacial score (nSPS) is 14.1. The molecule has 1 fully saturated rings. The van der Waals surface area contributed by atoms with Crippen LogP contribution in [0.1, 0.15) is 5.56 Å². The highest BCUT2D eigenvalue weighted by molar-refractivity contribution is 5.97. The van der Waals surface area contributed by atoms with Crippen LogP contribution in [0.15, 0.2) is 66.9 Å². The molecule has 35 heavy (non-hydrogen) atoms. The van der Waals surface area contributed by atoms with Gasteiger partial charge in [0.25, 0.3) is 0 Å². The van der Waals surface area contributed by atoms with E-state index in [2.05, 4.69) is 16.4 Å². The third-order valence-electron chi connectivity index (χ3n) is 5.52. The molecule has 0 bridgehead atoms. The topological polar surface area (TPSA) is 98.2 Å². The van der Waals surface area contributed by atoms with E-state index in [1.54, 1.807) is 20.4 Å². The van der Waals surface area contributed by atoms with Gasteiger partial charge in [0.15, 0.2) is 23.0 Å². The Kier molecular flexibility index (Phi) is 6.24. The lowest BCUT2D eigenvalue weighted by Crippen LogP contribution is -2.05. The SMILES string of the molecule is COc1cc2c(Nc3ccc(Oc4ccccc4OC)cc3)c(C#N)cnc2cc1OC[C@@H]1CO1. The monoisotopic (exact) mass is 469 g/mol. The van der Waals surface area contributed by atoms with E-state index < -0.39 is 0 Å². The Morgan fingerprint density at radius 3 is 2.43 bits per heavy atom. The van der Waals surface area contributed by atoms with Gasteiger partial charge in [0, 0.05) is 23.3 Å². The van der Waals surface area contributed by atoms with Crippen LogP contribution < -0.4 is 24.3 Å². The first-order valence-electron chi connectivity index (χ1n) is 11.0. The van der Waals surface area contributed by atoms with Gasteiger partial charge in [-0.2, -0.15) is 5.26 Å². The molecule has 5 rings (SSSR count). The maximum Gasteiger partial charge on any atom is 0.169 e. The predicted octanol–water partition coefficient (Wildman–Crippen LogP) is 5.44. The minimum absolute atomic E-state index is 0.122. The van der Waals surface area contributed by atoms with Crippen LogP contribution in [0.2, 0.25) is 0 Å². The van der Waals surface area contributed by atoms with Gasteiger partial charge < -0.3 is 29.0 Å². The van der Waals surface area contributed by atoms with Gasteiger partial charge >= 0.3 is 0 Å². The first-order chi connectivity index (χ1) is 17.2. The lowest BCUT2D eigenvalue weighted by Gasteiger charge is -2.15. The predicted molar refractivity (Wildman–Crippen MR) is 131 cm³/mol. The molecule has 0 radical (unpaired) electrons. The van der Waals surface area contributed by atoms with Crippen LogP contribution in [-0.2, 0) is 4.74 Å². The fourth-order valence-electron chi connectivity index (χ4n) is 3.62. The molecule has 0 aliphatic carbocycles. The number of nitriles is 1. The zero-order chi connectivity index (χ0) is 24.2. The summed E-state index contributed by atoms with van der Waals surface area (Å²) in [6, 6.07) is 20.8. The Bertz CT molecular complexity index is 1390. The Hall–Kier alpha value is -4.48. The molecule has 0 saturated carbocycles. The number of benzene rings is 3. The number of nitrogens with one attached hydrogen (secondary N) is 1. The van der Waals surface area contributed by atoms with Crippen molar-refractivity contribution in [3.8, 4) is 34.8 Å². The van der Waals surface area contributed by atoms with E-state index >= 15 is 0 Å². The van der Waals surface area contributed by atoms with Gasteiger partial charge in [0.1, 0.15) is 24.5 Å². The number of nitrogens with zero attached hydrogens (tertiary/aromatic N) is 2. The molecule has 0 unspecified atom stereocenters. The molecule has 4 aromatic rings. The average Bonchev–Trinajstić information content (AvgIpc) is 3.73. The summed E-state index contributed by atoms with van der Waals surface area (Å²) in [6.07, 6.45) is 1.67. The summed E-state index contributed by atoms with van der Waals surface area (Å²) in [5, 5.41) is 13.8. The highest BCUT2D eigenvalue weighted by Crippen LogP contribution is 2.38. The standard InChI is InChI=1S/C27H23N3O5/c1-31-23-5-3-4-6-24(23)35-19-9-7-18(8-10-19)30-27-17(13-28)14-29-22-12-26(34-16-20-15-33-20)25(32-2)11-21(22)27/h3-12,14,20H,15-16H2,1-2H3,(H,29,30)/t20-/m0/s1. The van der Waals surface area contributed by atoms with Crippen molar-refractivity contribution in [2.24, 2.45) is 0 Å². The van der Waals surface area contributed by atoms with Crippen LogP contribution in [0.4, 0.5) is 11.4 Å². The number of epoxide rings is 1. The van der Waals surface area contributed by atoms with Crippen molar-refractivity contribution < 1.29 is 23.7 Å². The zero-order valence-corrected chi connectivity index (χ0v) is 19.3. The number of methoxy groups -OCH3 is 2. The largest absolute Gasteiger partial charge is 0.493 e. The fourth-order valence-corrected chi connectivity index (χ4v) is 3.62. The van der Waals surface area contributed by atoms with Crippen LogP contribution in [0.25, 0.3) is 10.9 Å². The molecule has 8 nitrogen and oxygen atoms in total. The highest BCUT2D eigenvalue weighted by Gasteiger charge is 2.24. The van der Waals surface area contributed by atoms with Crippen molar-refractivity contribution in [1.82, 2.24) is 4.98 Å². The molecule has 1 aromatic heterocycles. The molecular weight excluding hydrogens is 446 g/mol. The number of aromatic nitrogens is 1. The number of ether oxygens (including phenoxy) is 5. The third-order valence-corrected chi connectivity index (χ3v) is 5.52. The minimum atomic E-state index is 0.122. The van der Waals surface area contributed by atoms with E-state index in [-0.39, 0.29) is 6.10 Å². The fraction of sp³-hybridized carbons (Fsp3) is 0.185. The lowest BCUT2D eigenvalue weighted by molar-refractivity contribution is 0.252. The van der Waals surface area contributed by atoms with Crippen LogP contribution in [-0.4, -0.2) is 38.5 Å². The molecule has 1 saturated heterocycles. The Balaban J connectivity index is 1.43. The van der Waals surface area contributed by atoms with Crippen LogP contribution in [0.3, 0.4) is 0 Å². The van der Waals surface area contributed by atoms with Crippen LogP contribution in [0.5, 0.6) is 28.7 Å². The van der Waals surface area contributed by atoms with Crippen molar-refractivity contribution >= 4 is 22.3 Å². The van der Waals surface area contributed by atoms with Gasteiger partial charge in [-0.05, 0) is 42.5 Å². The molecule has 1 N–H and O–H groups in total. The third kappa shape index (κ3) is 4.90. The molecule has 8 heteroatoms. The first-order valence-corrected chi connectivity index (χ1v) is 11.0. The minimum Gasteiger partial charge on any atom is -0.493 e. The van der Waals surface area contributed by atoms with Crippen LogP contribution >= 0.6 is 0 Å². The number of hydrogen-bond acceptors (Lipinski definition) is 8. The lowest BCUT2D eigenvalue weighted by atomic mass is 10.1. The van der Waals surface area contributed by atoms with E-state index in [9.17, 15) is 5.26 Å². The van der Waals surface area contributed by atoms with Gasteiger partial charge in [0.05, 0.1) is 37.6 Å². The van der Waals surface area contributed by atoms with Gasteiger partial charge in [-0.3, -0.25) is 4.98 Å². The maximum atomic E-state index is 9.72. The maximum absolute atomic E-state index is 9.72. The summed E-state index contributed by atoms with van der Waals surface area (Å²) in [7, 11) is 3.18. The van der Waals surface area contributed by atoms with E-state index in [1.165, 1.54) is 0 Å². The smallest absolute Gasteiger partial charge is 0.169 e. The second kappa shape index (κ2) is 9.79. The van der Waals surface area contributed by atoms with Crippen molar-refractivity contribution in [3.05, 3.63) is 72.4 Å². The van der Waals surface area contributed by atoms with Gasteiger partial charge in [-0.15, -0.1) is 0 Å². The molecule has 0 amide bonds. The number of para-hydroxylation sites is 2. The summed E-state index contributed by atoms with van der Waals surface area (Å²) < 4.78 is 27.9. The van der Waals surface area contributed by atoms with E-state index in [1.807, 2.05) is 60.7 Å². The second-order valence-corrected chi connectivity index (χ2v) is 7.85. The molecule has 1 atom stereocenters. The molecular formula is C27H23N3O5. The molecule has 0 spiro atoms. The summed E-state index contributed by atoms with van der Waals surface area (Å²) in [5.74, 6) is 3.07. The van der Waals surface area contributed by atoms with Gasteiger partial charge in [-0.25, -0.2) is 0 Å². The number of hydrogen-bond donors (Lipinski definition) is 1. The molecule has 1 aliphatic heterocycles. The zero-order valence-electron chi connectivity index (χ0n) is 19.3. The quantitative estimate of drug-likeness (QED) is 0.324. The van der Waals surface area contributed by atoms with E-state index in [0.29, 0.717) is 58.7 Å². The summed E-state index contributed by atoms with van der Waals surface area (Å²) in [5.41, 5.74) is 2.50. The average molecular weight is 469 g/mol. The first kappa shape index (κ1) is 22.3. The molecule has 176 valence electrons. The number of rotatable bonds is 9. The number of pyridine rings is 1. The van der Waals surface area contributed by atoms with Gasteiger partial charge in [0.2, 0.25) is 0 Å². The highest BCUT2D eigenvalue weighted by atomic mass is 16.6. The Labute approximate surface area is 202 Å². The Morgan fingerprint density at radius 2 is 1.74 bits per heavy atom. The van der Waals surface area contributed by atoms with E-state index in [4.69, 9.17) is 23.7 Å². The van der Waals surface area contributed by atoms with Crippen LogP contribution in [0, 0.1) is 11.3 Å². The molecule has 3 aromatic carbocycles. The summed E-state index contributed by atoms with van der Waals surface area (Å²) in [4.78, 5) is 4.45. The van der Waals surface area contributed by atoms with E-state index in [0.717, 1.165) is 11.1 Å². The van der Waals surface area contributed by atoms with Crippen molar-refractivity contribution in [3.63, 3.8) is 0 Å². The second-order valence-electron chi connectivity index (χ2n) is 7.85. The van der Waals surface area contributed by atoms with Crippen molar-refractivity contribution in [1.29, 1.82) is 5.26 Å².